The largest absolute Gasteiger partial charge is 0.453 e. The Morgan fingerprint density at radius 3 is 2.66 bits per heavy atom. The number of Topliss-reactive ketones (excluding diaryl/α,β-unsaturated/α-hetero) is 1. The maximum atomic E-state index is 12.6. The van der Waals surface area contributed by atoms with Crippen molar-refractivity contribution in [1.29, 1.82) is 0 Å². The van der Waals surface area contributed by atoms with Crippen LogP contribution in [0.5, 0.6) is 0 Å². The Hall–Kier alpha value is -3.46. The summed E-state index contributed by atoms with van der Waals surface area (Å²) >= 11 is 0. The molecule has 3 aromatic rings. The van der Waals surface area contributed by atoms with E-state index in [1.807, 2.05) is 24.3 Å². The summed E-state index contributed by atoms with van der Waals surface area (Å²) in [5.74, 6) is -0.995. The Bertz CT molecular complexity index is 1260. The lowest BCUT2D eigenvalue weighted by Gasteiger charge is -2.11. The molecular formula is C20H17N3O5S. The van der Waals surface area contributed by atoms with Crippen molar-refractivity contribution in [1.82, 2.24) is 9.71 Å². The molecule has 0 spiro atoms. The van der Waals surface area contributed by atoms with Gasteiger partial charge in [0.2, 0.25) is 5.78 Å². The first kappa shape index (κ1) is 18.9. The van der Waals surface area contributed by atoms with Gasteiger partial charge in [0.25, 0.3) is 10.0 Å². The third kappa shape index (κ3) is 3.52. The van der Waals surface area contributed by atoms with Crippen LogP contribution in [-0.4, -0.2) is 43.6 Å². The van der Waals surface area contributed by atoms with E-state index in [1.54, 1.807) is 24.4 Å². The zero-order valence-corrected chi connectivity index (χ0v) is 16.2. The molecule has 8 nitrogen and oxygen atoms in total. The van der Waals surface area contributed by atoms with Gasteiger partial charge < -0.3 is 9.72 Å². The lowest BCUT2D eigenvalue weighted by atomic mass is 10.1. The normalized spacial score (nSPS) is 16.9. The maximum absolute atomic E-state index is 12.6. The smallest absolute Gasteiger partial charge is 0.328 e. The number of amidine groups is 1. The van der Waals surface area contributed by atoms with Crippen LogP contribution in [0.25, 0.3) is 10.9 Å². The predicted octanol–water partition coefficient (Wildman–Crippen LogP) is 2.02. The summed E-state index contributed by atoms with van der Waals surface area (Å²) in [6.45, 7) is 1.07. The number of aromatic nitrogens is 1. The molecule has 4 rings (SSSR count). The summed E-state index contributed by atoms with van der Waals surface area (Å²) in [4.78, 5) is 31.9. The molecular weight excluding hydrogens is 394 g/mol. The first-order valence-corrected chi connectivity index (χ1v) is 10.3. The number of hydrogen-bond donors (Lipinski definition) is 2. The molecule has 0 fully saturated rings. The van der Waals surface area contributed by atoms with Gasteiger partial charge in [0.1, 0.15) is 12.4 Å². The topological polar surface area (TPSA) is 118 Å². The van der Waals surface area contributed by atoms with E-state index in [0.29, 0.717) is 11.1 Å². The highest BCUT2D eigenvalue weighted by Crippen LogP contribution is 2.22. The molecule has 0 saturated carbocycles. The van der Waals surface area contributed by atoms with Crippen molar-refractivity contribution in [3.05, 3.63) is 65.9 Å². The molecule has 1 aromatic heterocycles. The number of benzene rings is 2. The molecule has 1 aliphatic rings. The van der Waals surface area contributed by atoms with Crippen molar-refractivity contribution < 1.29 is 22.7 Å². The number of rotatable bonds is 5. The standard InChI is InChI=1S/C20H17N3O5S/c1-12(19(25)15-10-21-16-8-4-2-6-13(15)16)28-18(24)11-22-20-14-7-3-5-9-17(14)29(26,27)23-20/h2-10,12,21H,11H2,1H3,(H,22,23)/t12-/m0/s1. The van der Waals surface area contributed by atoms with Crippen molar-refractivity contribution in [2.45, 2.75) is 17.9 Å². The van der Waals surface area contributed by atoms with E-state index in [4.69, 9.17) is 4.74 Å². The van der Waals surface area contributed by atoms with Gasteiger partial charge in [0.15, 0.2) is 6.10 Å². The van der Waals surface area contributed by atoms with Gasteiger partial charge in [-0.1, -0.05) is 30.3 Å². The summed E-state index contributed by atoms with van der Waals surface area (Å²) in [7, 11) is -3.68. The highest BCUT2D eigenvalue weighted by atomic mass is 32.2. The number of H-pyrrole nitrogens is 1. The van der Waals surface area contributed by atoms with Crippen molar-refractivity contribution in [2.24, 2.45) is 4.99 Å². The van der Waals surface area contributed by atoms with Gasteiger partial charge in [-0.25, -0.2) is 8.42 Å². The van der Waals surface area contributed by atoms with Gasteiger partial charge in [-0.15, -0.1) is 0 Å². The van der Waals surface area contributed by atoms with Crippen LogP contribution in [0, 0.1) is 0 Å². The van der Waals surface area contributed by atoms with Crippen molar-refractivity contribution in [3.63, 3.8) is 0 Å². The van der Waals surface area contributed by atoms with Crippen LogP contribution in [0.15, 0.2) is 64.6 Å². The third-order valence-corrected chi connectivity index (χ3v) is 5.96. The minimum Gasteiger partial charge on any atom is -0.453 e. The van der Waals surface area contributed by atoms with Crippen LogP contribution >= 0.6 is 0 Å². The Labute approximate surface area is 166 Å². The van der Waals surface area contributed by atoms with E-state index >= 15 is 0 Å². The van der Waals surface area contributed by atoms with Gasteiger partial charge in [0, 0.05) is 28.2 Å². The first-order chi connectivity index (χ1) is 13.9. The molecule has 2 N–H and O–H groups in total. The van der Waals surface area contributed by atoms with Crippen LogP contribution in [0.3, 0.4) is 0 Å². The average Bonchev–Trinajstić information content (AvgIpc) is 3.25. The van der Waals surface area contributed by atoms with Crippen molar-refractivity contribution in [2.75, 3.05) is 6.54 Å². The molecule has 0 saturated heterocycles. The number of nitrogens with zero attached hydrogens (tertiary/aromatic N) is 1. The lowest BCUT2D eigenvalue weighted by Crippen LogP contribution is -2.27. The Balaban J connectivity index is 1.45. The summed E-state index contributed by atoms with van der Waals surface area (Å²) in [6, 6.07) is 13.7. The molecule has 0 unspecified atom stereocenters. The van der Waals surface area contributed by atoms with E-state index in [2.05, 4.69) is 14.7 Å². The molecule has 0 bridgehead atoms. The zero-order valence-electron chi connectivity index (χ0n) is 15.4. The number of sulfonamides is 1. The number of aliphatic imine (C=N–C) groups is 1. The summed E-state index contributed by atoms with van der Waals surface area (Å²) in [6.07, 6.45) is 0.580. The quantitative estimate of drug-likeness (QED) is 0.492. The summed E-state index contributed by atoms with van der Waals surface area (Å²) < 4.78 is 31.6. The monoisotopic (exact) mass is 411 g/mol. The highest BCUT2D eigenvalue weighted by molar-refractivity contribution is 7.90. The van der Waals surface area contributed by atoms with Gasteiger partial charge in [-0.3, -0.25) is 19.3 Å². The van der Waals surface area contributed by atoms with Gasteiger partial charge in [-0.2, -0.15) is 0 Å². The number of esters is 1. The highest BCUT2D eigenvalue weighted by Gasteiger charge is 2.30. The van der Waals surface area contributed by atoms with Crippen LogP contribution in [-0.2, 0) is 19.6 Å². The molecule has 0 radical (unpaired) electrons. The molecule has 2 aromatic carbocycles. The Morgan fingerprint density at radius 2 is 1.83 bits per heavy atom. The number of carbonyl (C=O) groups is 2. The molecule has 0 aliphatic carbocycles. The number of ketones is 1. The van der Waals surface area contributed by atoms with Crippen LogP contribution < -0.4 is 4.72 Å². The number of aromatic amines is 1. The number of nitrogens with one attached hydrogen (secondary N) is 2. The number of ether oxygens (including phenoxy) is 1. The molecule has 148 valence electrons. The van der Waals surface area contributed by atoms with E-state index in [0.717, 1.165) is 10.9 Å². The third-order valence-electron chi connectivity index (χ3n) is 4.56. The number of hydrogen-bond acceptors (Lipinski definition) is 6. The van der Waals surface area contributed by atoms with E-state index in [1.165, 1.54) is 13.0 Å². The molecule has 2 heterocycles. The van der Waals surface area contributed by atoms with Crippen LogP contribution in [0.2, 0.25) is 0 Å². The molecule has 1 aliphatic heterocycles. The number of para-hydroxylation sites is 1. The molecule has 1 atom stereocenters. The van der Waals surface area contributed by atoms with Crippen LogP contribution in [0.1, 0.15) is 22.8 Å². The maximum Gasteiger partial charge on any atom is 0.328 e. The first-order valence-electron chi connectivity index (χ1n) is 8.83. The van der Waals surface area contributed by atoms with E-state index in [9.17, 15) is 18.0 Å². The minimum absolute atomic E-state index is 0.0770. The van der Waals surface area contributed by atoms with Gasteiger partial charge in [-0.05, 0) is 25.1 Å². The fraction of sp³-hybridized carbons (Fsp3) is 0.150. The second kappa shape index (κ2) is 7.17. The molecule has 0 amide bonds. The van der Waals surface area contributed by atoms with E-state index in [-0.39, 0.29) is 16.5 Å². The van der Waals surface area contributed by atoms with E-state index < -0.39 is 28.6 Å². The van der Waals surface area contributed by atoms with Gasteiger partial charge in [0.05, 0.1) is 4.90 Å². The molecule has 9 heteroatoms. The van der Waals surface area contributed by atoms with Crippen LogP contribution in [0.4, 0.5) is 0 Å². The van der Waals surface area contributed by atoms with Crippen molar-refractivity contribution in [3.8, 4) is 0 Å². The fourth-order valence-corrected chi connectivity index (χ4v) is 4.43. The van der Waals surface area contributed by atoms with Gasteiger partial charge >= 0.3 is 5.97 Å². The Morgan fingerprint density at radius 1 is 1.10 bits per heavy atom. The zero-order chi connectivity index (χ0) is 20.6. The number of carbonyl (C=O) groups excluding carboxylic acids is 2. The molecule has 29 heavy (non-hydrogen) atoms. The second-order valence-corrected chi connectivity index (χ2v) is 8.16. The summed E-state index contributed by atoms with van der Waals surface area (Å²) in [5.41, 5.74) is 1.64. The minimum atomic E-state index is -3.68. The second-order valence-electron chi connectivity index (χ2n) is 6.51. The SMILES string of the molecule is C[C@H](OC(=O)CN=C1NS(=O)(=O)c2ccccc21)C(=O)c1c[nH]c2ccccc12. The predicted molar refractivity (Wildman–Crippen MR) is 106 cm³/mol. The lowest BCUT2D eigenvalue weighted by molar-refractivity contribution is -0.144. The fourth-order valence-electron chi connectivity index (χ4n) is 3.18. The number of fused-ring (bicyclic) bond motifs is 2. The van der Waals surface area contributed by atoms with Crippen molar-refractivity contribution >= 4 is 38.5 Å². The Kier molecular flexibility index (Phi) is 4.67. The average molecular weight is 411 g/mol. The summed E-state index contributed by atoms with van der Waals surface area (Å²) in [5, 5.41) is 0.748.